The number of anilines is 1. The quantitative estimate of drug-likeness (QED) is 0.734. The second kappa shape index (κ2) is 8.72. The summed E-state index contributed by atoms with van der Waals surface area (Å²) in [5, 5.41) is 10.9. The third-order valence-electron chi connectivity index (χ3n) is 3.34. The van der Waals surface area contributed by atoms with E-state index in [0.717, 1.165) is 0 Å². The summed E-state index contributed by atoms with van der Waals surface area (Å²) in [6, 6.07) is 10.4. The van der Waals surface area contributed by atoms with E-state index in [-0.39, 0.29) is 17.1 Å². The van der Waals surface area contributed by atoms with E-state index in [1.54, 1.807) is 18.2 Å². The van der Waals surface area contributed by atoms with Crippen LogP contribution in [0.5, 0.6) is 0 Å². The number of ether oxygens (including phenoxy) is 2. The van der Waals surface area contributed by atoms with Crippen LogP contribution in [-0.2, 0) is 19.1 Å². The second-order valence-electron chi connectivity index (χ2n) is 5.19. The summed E-state index contributed by atoms with van der Waals surface area (Å²) in [7, 11) is 1.20. The van der Waals surface area contributed by atoms with Gasteiger partial charge in [-0.05, 0) is 35.4 Å². The van der Waals surface area contributed by atoms with Gasteiger partial charge >= 0.3 is 11.9 Å². The Bertz CT molecular complexity index is 819. The summed E-state index contributed by atoms with van der Waals surface area (Å²) in [5.41, 5.74) is 1.59. The molecule has 26 heavy (non-hydrogen) atoms. The normalized spacial score (nSPS) is 10.2. The number of hydrogen-bond acceptors (Lipinski definition) is 5. The minimum Gasteiger partial charge on any atom is -0.480 e. The lowest BCUT2D eigenvalue weighted by Crippen LogP contribution is -2.22. The molecule has 7 nitrogen and oxygen atoms in total. The maximum atomic E-state index is 13.1. The molecule has 0 fully saturated rings. The summed E-state index contributed by atoms with van der Waals surface area (Å²) in [5.74, 6) is -2.87. The molecule has 0 aliphatic carbocycles. The van der Waals surface area contributed by atoms with Gasteiger partial charge < -0.3 is 19.9 Å². The van der Waals surface area contributed by atoms with E-state index in [1.807, 2.05) is 0 Å². The van der Waals surface area contributed by atoms with Gasteiger partial charge in [0.2, 0.25) is 5.91 Å². The number of rotatable bonds is 7. The number of carboxylic acid groups (broad SMARTS) is 1. The van der Waals surface area contributed by atoms with E-state index >= 15 is 0 Å². The zero-order chi connectivity index (χ0) is 19.1. The highest BCUT2D eigenvalue weighted by Crippen LogP contribution is 2.26. The molecule has 2 N–H and O–H groups in total. The zero-order valence-corrected chi connectivity index (χ0v) is 13.8. The van der Waals surface area contributed by atoms with Crippen molar-refractivity contribution in [1.82, 2.24) is 0 Å². The molecule has 0 spiro atoms. The van der Waals surface area contributed by atoms with Crippen molar-refractivity contribution in [3.63, 3.8) is 0 Å². The maximum Gasteiger partial charge on any atom is 0.339 e. The summed E-state index contributed by atoms with van der Waals surface area (Å²) in [6.07, 6.45) is 0. The van der Waals surface area contributed by atoms with Crippen LogP contribution in [-0.4, -0.2) is 43.3 Å². The van der Waals surface area contributed by atoms with Crippen LogP contribution in [0.25, 0.3) is 11.1 Å². The van der Waals surface area contributed by atoms with Gasteiger partial charge in [-0.2, -0.15) is 0 Å². The van der Waals surface area contributed by atoms with Crippen molar-refractivity contribution < 1.29 is 33.4 Å². The first-order valence-electron chi connectivity index (χ1n) is 7.48. The maximum absolute atomic E-state index is 13.1. The van der Waals surface area contributed by atoms with Gasteiger partial charge in [-0.25, -0.2) is 14.0 Å². The Labute approximate surface area is 148 Å². The number of halogens is 1. The third-order valence-corrected chi connectivity index (χ3v) is 3.34. The summed E-state index contributed by atoms with van der Waals surface area (Å²) >= 11 is 0. The van der Waals surface area contributed by atoms with Crippen LogP contribution < -0.4 is 5.32 Å². The van der Waals surface area contributed by atoms with Crippen LogP contribution in [0.15, 0.2) is 42.5 Å². The predicted molar refractivity (Wildman–Crippen MR) is 90.3 cm³/mol. The largest absolute Gasteiger partial charge is 0.480 e. The highest BCUT2D eigenvalue weighted by Gasteiger charge is 2.16. The summed E-state index contributed by atoms with van der Waals surface area (Å²) < 4.78 is 22.5. The molecule has 0 aliphatic heterocycles. The number of carboxylic acids is 1. The smallest absolute Gasteiger partial charge is 0.339 e. The summed E-state index contributed by atoms with van der Waals surface area (Å²) in [4.78, 5) is 34.2. The van der Waals surface area contributed by atoms with E-state index in [2.05, 4.69) is 5.32 Å². The number of esters is 1. The molecule has 8 heteroatoms. The van der Waals surface area contributed by atoms with E-state index in [1.165, 1.54) is 31.4 Å². The average Bonchev–Trinajstić information content (AvgIpc) is 2.61. The monoisotopic (exact) mass is 361 g/mol. The first-order valence-corrected chi connectivity index (χ1v) is 7.48. The van der Waals surface area contributed by atoms with Gasteiger partial charge in [0.25, 0.3) is 0 Å². The van der Waals surface area contributed by atoms with Crippen molar-refractivity contribution in [2.45, 2.75) is 0 Å². The van der Waals surface area contributed by atoms with Crippen LogP contribution in [0.1, 0.15) is 10.4 Å². The Kier molecular flexibility index (Phi) is 6.40. The Morgan fingerprint density at radius 1 is 1.04 bits per heavy atom. The first-order chi connectivity index (χ1) is 12.4. The Morgan fingerprint density at radius 2 is 1.69 bits per heavy atom. The fourth-order valence-electron chi connectivity index (χ4n) is 2.17. The van der Waals surface area contributed by atoms with Crippen molar-refractivity contribution in [1.29, 1.82) is 0 Å². The first kappa shape index (κ1) is 19.1. The lowest BCUT2D eigenvalue weighted by atomic mass is 10.0. The highest BCUT2D eigenvalue weighted by atomic mass is 19.1. The Balaban J connectivity index is 2.23. The molecule has 0 unspecified atom stereocenters. The molecule has 0 saturated carbocycles. The fraction of sp³-hybridized carbons (Fsp3) is 0.167. The third kappa shape index (κ3) is 5.12. The van der Waals surface area contributed by atoms with Gasteiger partial charge in [0.1, 0.15) is 19.0 Å². The molecule has 0 saturated heterocycles. The van der Waals surface area contributed by atoms with Crippen LogP contribution >= 0.6 is 0 Å². The minimum atomic E-state index is -1.20. The molecule has 0 aliphatic rings. The number of nitrogens with one attached hydrogen (secondary N) is 1. The highest BCUT2D eigenvalue weighted by molar-refractivity contribution is 6.02. The number of aliphatic carboxylic acids is 1. The molecular formula is C18H16FNO6. The van der Waals surface area contributed by atoms with Crippen LogP contribution in [0.2, 0.25) is 0 Å². The standard InChI is InChI=1S/C18H16FNO6/c1-25-18(24)14-8-12(11-2-5-13(19)6-3-11)4-7-15(14)20-16(21)9-26-10-17(22)23/h2-8H,9-10H2,1H3,(H,20,21)(H,22,23). The van der Waals surface area contributed by atoms with Crippen molar-refractivity contribution in [2.24, 2.45) is 0 Å². The van der Waals surface area contributed by atoms with Crippen molar-refractivity contribution in [2.75, 3.05) is 25.6 Å². The van der Waals surface area contributed by atoms with Gasteiger partial charge in [-0.1, -0.05) is 18.2 Å². The molecule has 0 aromatic heterocycles. The molecule has 2 aromatic carbocycles. The predicted octanol–water partition coefficient (Wildman–Crippen LogP) is 2.32. The Morgan fingerprint density at radius 3 is 2.31 bits per heavy atom. The van der Waals surface area contributed by atoms with Gasteiger partial charge in [-0.3, -0.25) is 4.79 Å². The number of carbonyl (C=O) groups excluding carboxylic acids is 2. The van der Waals surface area contributed by atoms with Crippen molar-refractivity contribution in [3.05, 3.63) is 53.8 Å². The van der Waals surface area contributed by atoms with E-state index < -0.39 is 31.1 Å². The number of amides is 1. The van der Waals surface area contributed by atoms with Crippen molar-refractivity contribution >= 4 is 23.5 Å². The molecule has 2 aromatic rings. The number of hydrogen-bond donors (Lipinski definition) is 2. The number of benzene rings is 2. The molecule has 0 bridgehead atoms. The van der Waals surface area contributed by atoms with Gasteiger partial charge in [0, 0.05) is 0 Å². The topological polar surface area (TPSA) is 102 Å². The van der Waals surface area contributed by atoms with E-state index in [0.29, 0.717) is 11.1 Å². The van der Waals surface area contributed by atoms with Crippen LogP contribution in [0, 0.1) is 5.82 Å². The van der Waals surface area contributed by atoms with E-state index in [4.69, 9.17) is 14.6 Å². The number of carbonyl (C=O) groups is 3. The SMILES string of the molecule is COC(=O)c1cc(-c2ccc(F)cc2)ccc1NC(=O)COCC(=O)O. The van der Waals surface area contributed by atoms with Crippen LogP contribution in [0.3, 0.4) is 0 Å². The van der Waals surface area contributed by atoms with Gasteiger partial charge in [0.05, 0.1) is 18.4 Å². The van der Waals surface area contributed by atoms with Crippen LogP contribution in [0.4, 0.5) is 10.1 Å². The van der Waals surface area contributed by atoms with Crippen molar-refractivity contribution in [3.8, 4) is 11.1 Å². The average molecular weight is 361 g/mol. The zero-order valence-electron chi connectivity index (χ0n) is 13.8. The molecular weight excluding hydrogens is 345 g/mol. The lowest BCUT2D eigenvalue weighted by Gasteiger charge is -2.12. The molecule has 136 valence electrons. The van der Waals surface area contributed by atoms with Gasteiger partial charge in [-0.15, -0.1) is 0 Å². The summed E-state index contributed by atoms with van der Waals surface area (Å²) in [6.45, 7) is -1.09. The lowest BCUT2D eigenvalue weighted by molar-refractivity contribution is -0.143. The molecule has 0 heterocycles. The number of methoxy groups -OCH3 is 1. The minimum absolute atomic E-state index is 0.0981. The fourth-order valence-corrected chi connectivity index (χ4v) is 2.17. The molecule has 0 atom stereocenters. The van der Waals surface area contributed by atoms with Gasteiger partial charge in [0.15, 0.2) is 0 Å². The molecule has 1 amide bonds. The molecule has 0 radical (unpaired) electrons. The Hall–Kier alpha value is -3.26. The second-order valence-corrected chi connectivity index (χ2v) is 5.19. The van der Waals surface area contributed by atoms with E-state index in [9.17, 15) is 18.8 Å². The molecule has 2 rings (SSSR count).